The molecule has 21 heavy (non-hydrogen) atoms. The monoisotopic (exact) mass is 329 g/mol. The Morgan fingerprint density at radius 1 is 1.52 bits per heavy atom. The minimum Gasteiger partial charge on any atom is -0.273 e. The van der Waals surface area contributed by atoms with Gasteiger partial charge in [0.25, 0.3) is 0 Å². The van der Waals surface area contributed by atoms with Gasteiger partial charge in [0.15, 0.2) is 0 Å². The molecule has 0 aliphatic carbocycles. The van der Waals surface area contributed by atoms with Gasteiger partial charge in [-0.2, -0.15) is 5.10 Å². The van der Waals surface area contributed by atoms with E-state index in [4.69, 9.17) is 0 Å². The van der Waals surface area contributed by atoms with Crippen molar-refractivity contribution < 1.29 is 13.2 Å². The first-order valence-corrected chi connectivity index (χ1v) is 9.37. The van der Waals surface area contributed by atoms with Gasteiger partial charge in [0, 0.05) is 22.8 Å². The van der Waals surface area contributed by atoms with Gasteiger partial charge in [0.2, 0.25) is 15.9 Å². The number of nitrogens with zero attached hydrogens (tertiary/aromatic N) is 2. The highest BCUT2D eigenvalue weighted by atomic mass is 32.2. The molecule has 0 spiro atoms. The van der Waals surface area contributed by atoms with Gasteiger partial charge in [-0.3, -0.25) is 4.79 Å². The highest BCUT2D eigenvalue weighted by Crippen LogP contribution is 2.18. The second-order valence-electron chi connectivity index (χ2n) is 5.14. The van der Waals surface area contributed by atoms with E-state index in [9.17, 15) is 13.2 Å². The van der Waals surface area contributed by atoms with Crippen molar-refractivity contribution in [2.75, 3.05) is 19.3 Å². The van der Waals surface area contributed by atoms with E-state index in [1.54, 1.807) is 17.6 Å². The molecule has 1 atom stereocenters. The zero-order valence-corrected chi connectivity index (χ0v) is 13.7. The zero-order chi connectivity index (χ0) is 15.5. The molecule has 6 nitrogen and oxygen atoms in total. The van der Waals surface area contributed by atoms with Gasteiger partial charge >= 0.3 is 0 Å². The van der Waals surface area contributed by atoms with Crippen molar-refractivity contribution in [3.63, 3.8) is 0 Å². The number of hydrogen-bond acceptors (Lipinski definition) is 5. The second kappa shape index (κ2) is 6.67. The molecule has 1 saturated heterocycles. The fourth-order valence-electron chi connectivity index (χ4n) is 2.23. The SMILES string of the molecule is Cc1ccc(/C=N\NC(=O)[C@H]2CCCN(S(C)(=O)=O)C2)s1. The van der Waals surface area contributed by atoms with E-state index in [1.165, 1.54) is 15.4 Å². The molecule has 1 aliphatic rings. The van der Waals surface area contributed by atoms with Crippen molar-refractivity contribution in [1.82, 2.24) is 9.73 Å². The average Bonchev–Trinajstić information content (AvgIpc) is 2.83. The summed E-state index contributed by atoms with van der Waals surface area (Å²) in [6.07, 6.45) is 4.15. The minimum atomic E-state index is -3.24. The molecule has 2 rings (SSSR count). The maximum Gasteiger partial charge on any atom is 0.244 e. The van der Waals surface area contributed by atoms with Gasteiger partial charge in [-0.15, -0.1) is 11.3 Å². The minimum absolute atomic E-state index is 0.229. The molecule has 0 bridgehead atoms. The van der Waals surface area contributed by atoms with E-state index < -0.39 is 10.0 Å². The predicted octanol–water partition coefficient (Wildman–Crippen LogP) is 1.18. The molecule has 0 unspecified atom stereocenters. The van der Waals surface area contributed by atoms with E-state index in [1.807, 2.05) is 19.1 Å². The molecule has 1 amide bonds. The Bertz CT molecular complexity index is 637. The quantitative estimate of drug-likeness (QED) is 0.665. The average molecular weight is 329 g/mol. The summed E-state index contributed by atoms with van der Waals surface area (Å²) in [4.78, 5) is 14.2. The number of carbonyl (C=O) groups is 1. The topological polar surface area (TPSA) is 78.8 Å². The number of hydrogen-bond donors (Lipinski definition) is 1. The Labute approximate surface area is 128 Å². The van der Waals surface area contributed by atoms with E-state index in [0.29, 0.717) is 19.4 Å². The fourth-order valence-corrected chi connectivity index (χ4v) is 3.89. The van der Waals surface area contributed by atoms with Crippen molar-refractivity contribution in [2.45, 2.75) is 19.8 Å². The third-order valence-corrected chi connectivity index (χ3v) is 5.56. The van der Waals surface area contributed by atoms with Crippen LogP contribution >= 0.6 is 11.3 Å². The van der Waals surface area contributed by atoms with Crippen LogP contribution in [0.5, 0.6) is 0 Å². The Kier molecular flexibility index (Phi) is 5.13. The maximum absolute atomic E-state index is 12.0. The molecule has 0 aromatic carbocycles. The summed E-state index contributed by atoms with van der Waals surface area (Å²) in [6.45, 7) is 2.72. The smallest absolute Gasteiger partial charge is 0.244 e. The summed E-state index contributed by atoms with van der Waals surface area (Å²) >= 11 is 1.59. The fraction of sp³-hybridized carbons (Fsp3) is 0.538. The number of hydrazone groups is 1. The van der Waals surface area contributed by atoms with Crippen LogP contribution in [0.15, 0.2) is 17.2 Å². The highest BCUT2D eigenvalue weighted by Gasteiger charge is 2.29. The number of carbonyl (C=O) groups excluding carboxylic acids is 1. The lowest BCUT2D eigenvalue weighted by molar-refractivity contribution is -0.126. The molecule has 116 valence electrons. The molecular formula is C13H19N3O3S2. The number of thiophene rings is 1. The number of nitrogens with one attached hydrogen (secondary N) is 1. The lowest BCUT2D eigenvalue weighted by Gasteiger charge is -2.29. The Morgan fingerprint density at radius 2 is 2.29 bits per heavy atom. The number of rotatable bonds is 4. The predicted molar refractivity (Wildman–Crippen MR) is 83.9 cm³/mol. The Morgan fingerprint density at radius 3 is 2.90 bits per heavy atom. The molecule has 2 heterocycles. The zero-order valence-electron chi connectivity index (χ0n) is 12.1. The number of piperidine rings is 1. The second-order valence-corrected chi connectivity index (χ2v) is 8.44. The molecule has 1 aliphatic heterocycles. The summed E-state index contributed by atoms with van der Waals surface area (Å²) in [7, 11) is -3.24. The van der Waals surface area contributed by atoms with Crippen LogP contribution in [0, 0.1) is 12.8 Å². The summed E-state index contributed by atoms with van der Waals surface area (Å²) in [6, 6.07) is 3.92. The molecule has 8 heteroatoms. The molecule has 1 N–H and O–H groups in total. The number of amides is 1. The molecule has 1 aromatic rings. The normalized spacial score (nSPS) is 20.8. The molecule has 0 radical (unpaired) electrons. The summed E-state index contributed by atoms with van der Waals surface area (Å²) in [5.41, 5.74) is 2.50. The van der Waals surface area contributed by atoms with Crippen molar-refractivity contribution in [3.05, 3.63) is 21.9 Å². The lowest BCUT2D eigenvalue weighted by Crippen LogP contribution is -2.44. The van der Waals surface area contributed by atoms with Crippen LogP contribution in [0.25, 0.3) is 0 Å². The van der Waals surface area contributed by atoms with Gasteiger partial charge < -0.3 is 0 Å². The summed E-state index contributed by atoms with van der Waals surface area (Å²) < 4.78 is 24.4. The van der Waals surface area contributed by atoms with E-state index in [-0.39, 0.29) is 18.4 Å². The van der Waals surface area contributed by atoms with Crippen molar-refractivity contribution in [2.24, 2.45) is 11.0 Å². The maximum atomic E-state index is 12.0. The van der Waals surface area contributed by atoms with Gasteiger partial charge in [-0.05, 0) is 31.9 Å². The Balaban J connectivity index is 1.89. The van der Waals surface area contributed by atoms with Crippen LogP contribution in [-0.4, -0.2) is 44.2 Å². The van der Waals surface area contributed by atoms with Crippen LogP contribution in [0.2, 0.25) is 0 Å². The first-order chi connectivity index (χ1) is 9.86. The number of sulfonamides is 1. The van der Waals surface area contributed by atoms with Gasteiger partial charge in [-0.1, -0.05) is 0 Å². The van der Waals surface area contributed by atoms with Crippen LogP contribution in [0.3, 0.4) is 0 Å². The Hall–Kier alpha value is -1.25. The van der Waals surface area contributed by atoms with E-state index in [0.717, 1.165) is 4.88 Å². The van der Waals surface area contributed by atoms with Crippen LogP contribution in [-0.2, 0) is 14.8 Å². The molecule has 1 fully saturated rings. The van der Waals surface area contributed by atoms with Crippen LogP contribution in [0.4, 0.5) is 0 Å². The first kappa shape index (κ1) is 16.1. The number of aryl methyl sites for hydroxylation is 1. The third-order valence-electron chi connectivity index (χ3n) is 3.35. The van der Waals surface area contributed by atoms with Crippen LogP contribution in [0.1, 0.15) is 22.6 Å². The lowest BCUT2D eigenvalue weighted by atomic mass is 9.99. The van der Waals surface area contributed by atoms with Gasteiger partial charge in [-0.25, -0.2) is 18.1 Å². The van der Waals surface area contributed by atoms with E-state index >= 15 is 0 Å². The molecule has 0 saturated carbocycles. The van der Waals surface area contributed by atoms with Crippen molar-refractivity contribution in [3.8, 4) is 0 Å². The molecular weight excluding hydrogens is 310 g/mol. The molecule has 1 aromatic heterocycles. The van der Waals surface area contributed by atoms with Crippen molar-refractivity contribution in [1.29, 1.82) is 0 Å². The van der Waals surface area contributed by atoms with E-state index in [2.05, 4.69) is 10.5 Å². The summed E-state index contributed by atoms with van der Waals surface area (Å²) in [5, 5.41) is 3.94. The summed E-state index contributed by atoms with van der Waals surface area (Å²) in [5.74, 6) is -0.566. The standard InChI is InChI=1S/C13H19N3O3S2/c1-10-5-6-12(20-10)8-14-15-13(17)11-4-3-7-16(9-11)21(2,18)19/h5-6,8,11H,3-4,7,9H2,1-2H3,(H,15,17)/b14-8-/t11-/m0/s1. The third kappa shape index (κ3) is 4.62. The first-order valence-electron chi connectivity index (χ1n) is 6.71. The highest BCUT2D eigenvalue weighted by molar-refractivity contribution is 7.88. The van der Waals surface area contributed by atoms with Crippen LogP contribution < -0.4 is 5.43 Å². The largest absolute Gasteiger partial charge is 0.273 e. The van der Waals surface area contributed by atoms with Gasteiger partial charge in [0.1, 0.15) is 0 Å². The van der Waals surface area contributed by atoms with Gasteiger partial charge in [0.05, 0.1) is 18.4 Å². The van der Waals surface area contributed by atoms with Crippen molar-refractivity contribution >= 4 is 33.5 Å².